The number of H-pyrrole nitrogens is 1. The second-order valence-electron chi connectivity index (χ2n) is 5.62. The molecule has 0 radical (unpaired) electrons. The van der Waals surface area contributed by atoms with Crippen LogP contribution in [0.15, 0.2) is 54.7 Å². The van der Waals surface area contributed by atoms with Gasteiger partial charge in [-0.25, -0.2) is 0 Å². The Morgan fingerprint density at radius 2 is 1.61 bits per heavy atom. The average Bonchev–Trinajstić information content (AvgIpc) is 3.17. The predicted octanol–water partition coefficient (Wildman–Crippen LogP) is 4.19. The summed E-state index contributed by atoms with van der Waals surface area (Å²) < 4.78 is 12.8. The van der Waals surface area contributed by atoms with Crippen LogP contribution in [0.4, 0.5) is 0 Å². The van der Waals surface area contributed by atoms with E-state index in [0.29, 0.717) is 0 Å². The molecule has 4 nitrogen and oxygen atoms in total. The molecule has 2 aromatic carbocycles. The van der Waals surface area contributed by atoms with Gasteiger partial charge in [-0.15, -0.1) is 0 Å². The van der Waals surface area contributed by atoms with E-state index in [4.69, 9.17) is 9.47 Å². The van der Waals surface area contributed by atoms with Crippen molar-refractivity contribution in [3.8, 4) is 11.5 Å². The molecular formula is C19H18N2O2. The van der Waals surface area contributed by atoms with Crippen LogP contribution < -0.4 is 9.47 Å². The first-order chi connectivity index (χ1) is 11.3. The summed E-state index contributed by atoms with van der Waals surface area (Å²) in [6, 6.07) is 16.5. The summed E-state index contributed by atoms with van der Waals surface area (Å²) in [7, 11) is 3.38. The second kappa shape index (κ2) is 5.39. The lowest BCUT2D eigenvalue weighted by molar-refractivity contribution is 0.415. The smallest absolute Gasteiger partial charge is 0.119 e. The Hall–Kier alpha value is -2.88. The molecule has 4 rings (SSSR count). The fourth-order valence-electron chi connectivity index (χ4n) is 3.01. The van der Waals surface area contributed by atoms with Gasteiger partial charge in [0, 0.05) is 33.7 Å². The first-order valence-corrected chi connectivity index (χ1v) is 7.55. The highest BCUT2D eigenvalue weighted by molar-refractivity contribution is 5.83. The lowest BCUT2D eigenvalue weighted by atomic mass is 10.2. The van der Waals surface area contributed by atoms with Crippen LogP contribution in [0.1, 0.15) is 5.69 Å². The van der Waals surface area contributed by atoms with Crippen molar-refractivity contribution in [2.24, 2.45) is 0 Å². The zero-order valence-electron chi connectivity index (χ0n) is 13.2. The lowest BCUT2D eigenvalue weighted by Gasteiger charge is -2.05. The van der Waals surface area contributed by atoms with Crippen LogP contribution in [0.2, 0.25) is 0 Å². The van der Waals surface area contributed by atoms with Gasteiger partial charge in [0.15, 0.2) is 0 Å². The maximum absolute atomic E-state index is 5.29. The van der Waals surface area contributed by atoms with Crippen LogP contribution in [0.5, 0.6) is 11.5 Å². The predicted molar refractivity (Wildman–Crippen MR) is 92.4 cm³/mol. The molecule has 0 aliphatic carbocycles. The van der Waals surface area contributed by atoms with Crippen LogP contribution in [0, 0.1) is 0 Å². The minimum absolute atomic E-state index is 0.798. The maximum Gasteiger partial charge on any atom is 0.119 e. The van der Waals surface area contributed by atoms with Crippen molar-refractivity contribution in [3.63, 3.8) is 0 Å². The first kappa shape index (κ1) is 13.8. The molecule has 0 fully saturated rings. The number of hydrogen-bond donors (Lipinski definition) is 1. The number of methoxy groups -OCH3 is 2. The number of rotatable bonds is 4. The molecule has 0 saturated heterocycles. The zero-order chi connectivity index (χ0) is 15.8. The minimum atomic E-state index is 0.798. The highest BCUT2D eigenvalue weighted by Gasteiger charge is 2.06. The lowest BCUT2D eigenvalue weighted by Crippen LogP contribution is -1.97. The van der Waals surface area contributed by atoms with E-state index >= 15 is 0 Å². The first-order valence-electron chi connectivity index (χ1n) is 7.55. The molecule has 0 atom stereocenters. The second-order valence-corrected chi connectivity index (χ2v) is 5.62. The van der Waals surface area contributed by atoms with E-state index in [9.17, 15) is 0 Å². The molecule has 0 saturated carbocycles. The maximum atomic E-state index is 5.29. The zero-order valence-corrected chi connectivity index (χ0v) is 13.2. The van der Waals surface area contributed by atoms with Crippen LogP contribution in [-0.2, 0) is 6.54 Å². The van der Waals surface area contributed by atoms with Gasteiger partial charge < -0.3 is 19.0 Å². The highest BCUT2D eigenvalue weighted by Crippen LogP contribution is 2.25. The van der Waals surface area contributed by atoms with Crippen LogP contribution in [0.25, 0.3) is 21.8 Å². The monoisotopic (exact) mass is 306 g/mol. The molecular weight excluding hydrogens is 288 g/mol. The number of ether oxygens (including phenoxy) is 2. The van der Waals surface area contributed by atoms with E-state index in [-0.39, 0.29) is 0 Å². The Morgan fingerprint density at radius 3 is 2.39 bits per heavy atom. The summed E-state index contributed by atoms with van der Waals surface area (Å²) >= 11 is 0. The van der Waals surface area contributed by atoms with E-state index in [0.717, 1.165) is 28.9 Å². The standard InChI is InChI=1S/C19H18N2O2/c1-22-16-3-5-18-14(11-16)9-15(20-18)12-21-8-7-13-10-17(23-2)4-6-19(13)21/h3-11,20H,12H2,1-2H3. The van der Waals surface area contributed by atoms with Crippen molar-refractivity contribution in [3.05, 3.63) is 60.4 Å². The average molecular weight is 306 g/mol. The minimum Gasteiger partial charge on any atom is -0.497 e. The summed E-state index contributed by atoms with van der Waals surface area (Å²) in [4.78, 5) is 3.47. The van der Waals surface area contributed by atoms with E-state index in [1.54, 1.807) is 14.2 Å². The van der Waals surface area contributed by atoms with E-state index < -0.39 is 0 Å². The number of fused-ring (bicyclic) bond motifs is 2. The number of nitrogens with zero attached hydrogens (tertiary/aromatic N) is 1. The molecule has 1 N–H and O–H groups in total. The molecule has 0 aliphatic rings. The largest absolute Gasteiger partial charge is 0.497 e. The molecule has 0 amide bonds. The molecule has 4 aromatic rings. The summed E-state index contributed by atoms with van der Waals surface area (Å²) in [5, 5.41) is 2.35. The molecule has 116 valence electrons. The van der Waals surface area contributed by atoms with Crippen molar-refractivity contribution in [2.75, 3.05) is 14.2 Å². The fraction of sp³-hybridized carbons (Fsp3) is 0.158. The number of hydrogen-bond acceptors (Lipinski definition) is 2. The van der Waals surface area contributed by atoms with E-state index in [1.807, 2.05) is 18.2 Å². The van der Waals surface area contributed by atoms with Gasteiger partial charge in [0.25, 0.3) is 0 Å². The third kappa shape index (κ3) is 2.42. The van der Waals surface area contributed by atoms with Gasteiger partial charge >= 0.3 is 0 Å². The van der Waals surface area contributed by atoms with Crippen molar-refractivity contribution < 1.29 is 9.47 Å². The van der Waals surface area contributed by atoms with Gasteiger partial charge in [0.1, 0.15) is 11.5 Å². The van der Waals surface area contributed by atoms with Gasteiger partial charge in [0.2, 0.25) is 0 Å². The molecule has 4 heteroatoms. The van der Waals surface area contributed by atoms with Crippen molar-refractivity contribution in [2.45, 2.75) is 6.54 Å². The van der Waals surface area contributed by atoms with Gasteiger partial charge in [0.05, 0.1) is 20.8 Å². The topological polar surface area (TPSA) is 39.2 Å². The SMILES string of the molecule is COc1ccc2[nH]c(Cn3ccc4cc(OC)ccc43)cc2c1. The fourth-order valence-corrected chi connectivity index (χ4v) is 3.01. The van der Waals surface area contributed by atoms with E-state index in [2.05, 4.69) is 46.1 Å². The van der Waals surface area contributed by atoms with Gasteiger partial charge in [-0.1, -0.05) is 0 Å². The Bertz CT molecular complexity index is 982. The number of aromatic amines is 1. The molecule has 0 aliphatic heterocycles. The van der Waals surface area contributed by atoms with Crippen molar-refractivity contribution in [1.29, 1.82) is 0 Å². The van der Waals surface area contributed by atoms with Gasteiger partial charge in [-0.2, -0.15) is 0 Å². The molecule has 2 heterocycles. The van der Waals surface area contributed by atoms with Gasteiger partial charge in [-0.3, -0.25) is 0 Å². The van der Waals surface area contributed by atoms with Crippen LogP contribution >= 0.6 is 0 Å². The summed E-state index contributed by atoms with van der Waals surface area (Å²) in [5.74, 6) is 1.76. The summed E-state index contributed by atoms with van der Waals surface area (Å²) in [6.45, 7) is 0.798. The molecule has 0 spiro atoms. The Morgan fingerprint density at radius 1 is 0.870 bits per heavy atom. The van der Waals surface area contributed by atoms with E-state index in [1.165, 1.54) is 16.6 Å². The van der Waals surface area contributed by atoms with Crippen molar-refractivity contribution in [1.82, 2.24) is 9.55 Å². The number of nitrogens with one attached hydrogen (secondary N) is 1. The van der Waals surface area contributed by atoms with Crippen molar-refractivity contribution >= 4 is 21.8 Å². The number of aromatic nitrogens is 2. The van der Waals surface area contributed by atoms with Crippen LogP contribution in [-0.4, -0.2) is 23.8 Å². The Balaban J connectivity index is 1.70. The third-order valence-electron chi connectivity index (χ3n) is 4.20. The molecule has 0 unspecified atom stereocenters. The molecule has 2 aromatic heterocycles. The Kier molecular flexibility index (Phi) is 3.23. The third-order valence-corrected chi connectivity index (χ3v) is 4.20. The Labute approximate surface area is 134 Å². The quantitative estimate of drug-likeness (QED) is 0.614. The van der Waals surface area contributed by atoms with Crippen LogP contribution in [0.3, 0.4) is 0 Å². The summed E-state index contributed by atoms with van der Waals surface area (Å²) in [6.07, 6.45) is 2.11. The number of benzene rings is 2. The normalized spacial score (nSPS) is 11.2. The van der Waals surface area contributed by atoms with Gasteiger partial charge in [-0.05, 0) is 48.5 Å². The molecule has 0 bridgehead atoms. The highest BCUT2D eigenvalue weighted by atomic mass is 16.5. The molecule has 23 heavy (non-hydrogen) atoms. The summed E-state index contributed by atoms with van der Waals surface area (Å²) in [5.41, 5.74) is 3.49.